The fourth-order valence-corrected chi connectivity index (χ4v) is 2.20. The first-order chi connectivity index (χ1) is 8.47. The zero-order valence-corrected chi connectivity index (χ0v) is 11.8. The molecule has 2 heterocycles. The number of aryl methyl sites for hydroxylation is 3. The van der Waals surface area contributed by atoms with Crippen LogP contribution in [0.1, 0.15) is 35.6 Å². The number of furan rings is 1. The van der Waals surface area contributed by atoms with Crippen LogP contribution in [0.4, 0.5) is 5.69 Å². The Morgan fingerprint density at radius 2 is 2.00 bits per heavy atom. The molecule has 4 heteroatoms. The highest BCUT2D eigenvalue weighted by Gasteiger charge is 2.14. The van der Waals surface area contributed by atoms with Crippen molar-refractivity contribution in [3.05, 3.63) is 46.1 Å². The molecule has 0 amide bonds. The largest absolute Gasteiger partial charge is 0.466 e. The van der Waals surface area contributed by atoms with Gasteiger partial charge < -0.3 is 9.73 Å². The SMILES string of the molecule is Cc1cnc(Cl)c(NC(C)c2cc(C)oc2C)c1. The lowest BCUT2D eigenvalue weighted by Crippen LogP contribution is -2.07. The summed E-state index contributed by atoms with van der Waals surface area (Å²) in [4.78, 5) is 4.13. The van der Waals surface area contributed by atoms with Crippen molar-refractivity contribution in [3.63, 3.8) is 0 Å². The van der Waals surface area contributed by atoms with E-state index >= 15 is 0 Å². The number of halogens is 1. The summed E-state index contributed by atoms with van der Waals surface area (Å²) in [6, 6.07) is 4.17. The summed E-state index contributed by atoms with van der Waals surface area (Å²) in [6.45, 7) is 7.99. The number of anilines is 1. The van der Waals surface area contributed by atoms with E-state index < -0.39 is 0 Å². The molecular formula is C14H17ClN2O. The summed E-state index contributed by atoms with van der Waals surface area (Å²) in [5.74, 6) is 1.86. The van der Waals surface area contributed by atoms with Crippen LogP contribution < -0.4 is 5.32 Å². The number of hydrogen-bond acceptors (Lipinski definition) is 3. The van der Waals surface area contributed by atoms with Gasteiger partial charge in [-0.3, -0.25) is 0 Å². The van der Waals surface area contributed by atoms with Crippen LogP contribution in [0.5, 0.6) is 0 Å². The second-order valence-corrected chi connectivity index (χ2v) is 4.94. The molecule has 0 radical (unpaired) electrons. The van der Waals surface area contributed by atoms with Gasteiger partial charge in [-0.1, -0.05) is 11.6 Å². The lowest BCUT2D eigenvalue weighted by Gasteiger charge is -2.15. The highest BCUT2D eigenvalue weighted by atomic mass is 35.5. The van der Waals surface area contributed by atoms with Gasteiger partial charge in [-0.25, -0.2) is 4.98 Å². The van der Waals surface area contributed by atoms with E-state index in [0.29, 0.717) is 5.15 Å². The van der Waals surface area contributed by atoms with Gasteiger partial charge in [-0.05, 0) is 45.4 Å². The molecule has 1 atom stereocenters. The maximum Gasteiger partial charge on any atom is 0.152 e. The maximum atomic E-state index is 6.08. The van der Waals surface area contributed by atoms with Crippen molar-refractivity contribution in [2.24, 2.45) is 0 Å². The Bertz CT molecular complexity index is 563. The molecule has 0 fully saturated rings. The molecule has 2 aromatic heterocycles. The third-order valence-electron chi connectivity index (χ3n) is 2.89. The van der Waals surface area contributed by atoms with Gasteiger partial charge in [0, 0.05) is 11.8 Å². The second kappa shape index (κ2) is 5.02. The van der Waals surface area contributed by atoms with Crippen LogP contribution in [-0.2, 0) is 0 Å². The summed E-state index contributed by atoms with van der Waals surface area (Å²) in [5, 5.41) is 3.86. The predicted molar refractivity (Wildman–Crippen MR) is 74.2 cm³/mol. The Balaban J connectivity index is 2.23. The monoisotopic (exact) mass is 264 g/mol. The number of aromatic nitrogens is 1. The molecule has 96 valence electrons. The van der Waals surface area contributed by atoms with Crippen molar-refractivity contribution in [2.75, 3.05) is 5.32 Å². The molecule has 1 N–H and O–H groups in total. The average molecular weight is 265 g/mol. The highest BCUT2D eigenvalue weighted by Crippen LogP contribution is 2.28. The first kappa shape index (κ1) is 13.0. The molecule has 0 aromatic carbocycles. The fourth-order valence-electron chi connectivity index (χ4n) is 2.05. The molecule has 3 nitrogen and oxygen atoms in total. The quantitative estimate of drug-likeness (QED) is 0.834. The maximum absolute atomic E-state index is 6.08. The Kier molecular flexibility index (Phi) is 3.62. The van der Waals surface area contributed by atoms with E-state index in [4.69, 9.17) is 16.0 Å². The molecule has 18 heavy (non-hydrogen) atoms. The Morgan fingerprint density at radius 1 is 1.28 bits per heavy atom. The highest BCUT2D eigenvalue weighted by molar-refractivity contribution is 6.31. The summed E-state index contributed by atoms with van der Waals surface area (Å²) in [5.41, 5.74) is 3.07. The molecule has 2 aromatic rings. The Morgan fingerprint density at radius 3 is 2.61 bits per heavy atom. The van der Waals surface area contributed by atoms with Crippen LogP contribution in [-0.4, -0.2) is 4.98 Å². The van der Waals surface area contributed by atoms with E-state index in [2.05, 4.69) is 17.2 Å². The van der Waals surface area contributed by atoms with Crippen LogP contribution in [0.3, 0.4) is 0 Å². The standard InChI is InChI=1S/C14H17ClN2O/c1-8-5-13(14(15)16-7-8)17-10(3)12-6-9(2)18-11(12)4/h5-7,10,17H,1-4H3. The van der Waals surface area contributed by atoms with Crippen molar-refractivity contribution in [3.8, 4) is 0 Å². The predicted octanol–water partition coefficient (Wildman–Crippen LogP) is 4.43. The molecule has 0 saturated carbocycles. The molecule has 0 saturated heterocycles. The lowest BCUT2D eigenvalue weighted by molar-refractivity contribution is 0.500. The summed E-state index contributed by atoms with van der Waals surface area (Å²) in [6.07, 6.45) is 1.76. The van der Waals surface area contributed by atoms with E-state index in [0.717, 1.165) is 28.3 Å². The third kappa shape index (κ3) is 2.67. The lowest BCUT2D eigenvalue weighted by atomic mass is 10.1. The van der Waals surface area contributed by atoms with Gasteiger partial charge in [0.05, 0.1) is 11.7 Å². The molecule has 0 aliphatic carbocycles. The van der Waals surface area contributed by atoms with Gasteiger partial charge >= 0.3 is 0 Å². The second-order valence-electron chi connectivity index (χ2n) is 4.59. The number of pyridine rings is 1. The minimum atomic E-state index is 0.128. The van der Waals surface area contributed by atoms with Crippen LogP contribution in [0.25, 0.3) is 0 Å². The van der Waals surface area contributed by atoms with Crippen LogP contribution in [0, 0.1) is 20.8 Å². The van der Waals surface area contributed by atoms with Gasteiger partial charge in [0.1, 0.15) is 11.5 Å². The van der Waals surface area contributed by atoms with Crippen molar-refractivity contribution in [1.29, 1.82) is 0 Å². The summed E-state index contributed by atoms with van der Waals surface area (Å²) in [7, 11) is 0. The first-order valence-corrected chi connectivity index (χ1v) is 6.31. The van der Waals surface area contributed by atoms with Crippen LogP contribution in [0.2, 0.25) is 5.15 Å². The van der Waals surface area contributed by atoms with Gasteiger partial charge in [-0.15, -0.1) is 0 Å². The van der Waals surface area contributed by atoms with E-state index in [-0.39, 0.29) is 6.04 Å². The third-order valence-corrected chi connectivity index (χ3v) is 3.19. The van der Waals surface area contributed by atoms with Gasteiger partial charge in [0.15, 0.2) is 5.15 Å². The zero-order chi connectivity index (χ0) is 13.3. The van der Waals surface area contributed by atoms with Crippen LogP contribution in [0.15, 0.2) is 22.7 Å². The van der Waals surface area contributed by atoms with Crippen LogP contribution >= 0.6 is 11.6 Å². The molecule has 2 rings (SSSR count). The van der Waals surface area contributed by atoms with E-state index in [1.165, 1.54) is 0 Å². The van der Waals surface area contributed by atoms with E-state index in [1.807, 2.05) is 32.9 Å². The molecule has 0 bridgehead atoms. The molecule has 0 aliphatic heterocycles. The number of nitrogens with zero attached hydrogens (tertiary/aromatic N) is 1. The summed E-state index contributed by atoms with van der Waals surface area (Å²) < 4.78 is 5.54. The minimum Gasteiger partial charge on any atom is -0.466 e. The van der Waals surface area contributed by atoms with E-state index in [9.17, 15) is 0 Å². The molecule has 0 aliphatic rings. The molecule has 0 spiro atoms. The molecule has 1 unspecified atom stereocenters. The average Bonchev–Trinajstić information content (AvgIpc) is 2.63. The normalized spacial score (nSPS) is 12.5. The smallest absolute Gasteiger partial charge is 0.152 e. The fraction of sp³-hybridized carbons (Fsp3) is 0.357. The van der Waals surface area contributed by atoms with Gasteiger partial charge in [-0.2, -0.15) is 0 Å². The number of nitrogens with one attached hydrogen (secondary N) is 1. The number of rotatable bonds is 3. The Labute approximate surface area is 112 Å². The summed E-state index contributed by atoms with van der Waals surface area (Å²) >= 11 is 6.08. The van der Waals surface area contributed by atoms with E-state index in [1.54, 1.807) is 6.20 Å². The number of hydrogen-bond donors (Lipinski definition) is 1. The topological polar surface area (TPSA) is 38.1 Å². The van der Waals surface area contributed by atoms with Crippen molar-refractivity contribution in [2.45, 2.75) is 33.7 Å². The van der Waals surface area contributed by atoms with Crippen molar-refractivity contribution >= 4 is 17.3 Å². The molecular weight excluding hydrogens is 248 g/mol. The zero-order valence-electron chi connectivity index (χ0n) is 11.0. The first-order valence-electron chi connectivity index (χ1n) is 5.93. The van der Waals surface area contributed by atoms with Crippen molar-refractivity contribution < 1.29 is 4.42 Å². The van der Waals surface area contributed by atoms with Gasteiger partial charge in [0.25, 0.3) is 0 Å². The van der Waals surface area contributed by atoms with Gasteiger partial charge in [0.2, 0.25) is 0 Å². The Hall–Kier alpha value is -1.48. The van der Waals surface area contributed by atoms with Crippen molar-refractivity contribution in [1.82, 2.24) is 4.98 Å². The minimum absolute atomic E-state index is 0.128.